The molecule has 4 heteroatoms. The minimum Gasteiger partial charge on any atom is -0.347 e. The van der Waals surface area contributed by atoms with Crippen molar-refractivity contribution in [3.05, 3.63) is 35.4 Å². The van der Waals surface area contributed by atoms with Crippen molar-refractivity contribution in [1.82, 2.24) is 5.32 Å². The molecule has 0 saturated carbocycles. The number of nitriles is 1. The molecular formula is C14H17ClN2O. The number of halogens is 1. The van der Waals surface area contributed by atoms with Crippen molar-refractivity contribution >= 4 is 17.5 Å². The fourth-order valence-corrected chi connectivity index (χ4v) is 2.00. The minimum atomic E-state index is -0.285. The second-order valence-corrected chi connectivity index (χ2v) is 4.87. The predicted octanol–water partition coefficient (Wildman–Crippen LogP) is 3.09. The molecule has 96 valence electrons. The number of benzene rings is 1. The van der Waals surface area contributed by atoms with E-state index in [0.717, 1.165) is 12.8 Å². The van der Waals surface area contributed by atoms with Crippen molar-refractivity contribution in [2.75, 3.05) is 5.88 Å². The number of carbonyl (C=O) groups excluding carboxylic acids is 1. The Bertz CT molecular complexity index is 450. The molecule has 0 aliphatic carbocycles. The molecule has 1 unspecified atom stereocenters. The molecule has 3 nitrogen and oxygen atoms in total. The van der Waals surface area contributed by atoms with Crippen molar-refractivity contribution in [2.24, 2.45) is 0 Å². The molecule has 0 heterocycles. The number of hydrogen-bond donors (Lipinski definition) is 1. The maximum Gasteiger partial charge on any atom is 0.251 e. The number of hydrogen-bond acceptors (Lipinski definition) is 2. The van der Waals surface area contributed by atoms with Crippen LogP contribution in [0.2, 0.25) is 0 Å². The molecule has 0 radical (unpaired) electrons. The van der Waals surface area contributed by atoms with Crippen molar-refractivity contribution in [2.45, 2.75) is 32.2 Å². The summed E-state index contributed by atoms with van der Waals surface area (Å²) < 4.78 is 0. The first-order chi connectivity index (χ1) is 8.54. The van der Waals surface area contributed by atoms with Gasteiger partial charge in [-0.05, 0) is 44.0 Å². The van der Waals surface area contributed by atoms with Gasteiger partial charge in [0.1, 0.15) is 0 Å². The van der Waals surface area contributed by atoms with Crippen LogP contribution in [0.5, 0.6) is 0 Å². The molecule has 1 atom stereocenters. The van der Waals surface area contributed by atoms with E-state index in [1.54, 1.807) is 24.3 Å². The lowest BCUT2D eigenvalue weighted by atomic mass is 9.95. The molecule has 0 aliphatic rings. The molecule has 1 N–H and O–H groups in total. The number of nitrogens with one attached hydrogen (secondary N) is 1. The Morgan fingerprint density at radius 1 is 1.44 bits per heavy atom. The van der Waals surface area contributed by atoms with E-state index in [1.807, 2.05) is 19.9 Å². The summed E-state index contributed by atoms with van der Waals surface area (Å²) in [7, 11) is 0. The lowest BCUT2D eigenvalue weighted by Gasteiger charge is -2.29. The molecule has 0 fully saturated rings. The first kappa shape index (κ1) is 14.5. The van der Waals surface area contributed by atoms with E-state index in [9.17, 15) is 4.79 Å². The fraction of sp³-hybridized carbons (Fsp3) is 0.429. The topological polar surface area (TPSA) is 52.9 Å². The average molecular weight is 265 g/mol. The lowest BCUT2D eigenvalue weighted by Crippen LogP contribution is -2.45. The maximum absolute atomic E-state index is 12.1. The Balaban J connectivity index is 2.78. The van der Waals surface area contributed by atoms with Gasteiger partial charge in [0.15, 0.2) is 0 Å². The van der Waals surface area contributed by atoms with Crippen molar-refractivity contribution in [3.8, 4) is 6.07 Å². The predicted molar refractivity (Wildman–Crippen MR) is 72.7 cm³/mol. The third-order valence-corrected chi connectivity index (χ3v) is 3.31. The normalized spacial score (nSPS) is 13.4. The Morgan fingerprint density at radius 3 is 2.50 bits per heavy atom. The molecule has 1 aromatic carbocycles. The average Bonchev–Trinajstić information content (AvgIpc) is 2.39. The van der Waals surface area contributed by atoms with Crippen LogP contribution in [0.4, 0.5) is 0 Å². The number of rotatable bonds is 5. The number of amides is 1. The number of carbonyl (C=O) groups is 1. The lowest BCUT2D eigenvalue weighted by molar-refractivity contribution is 0.0901. The molecule has 0 saturated heterocycles. The maximum atomic E-state index is 12.1. The summed E-state index contributed by atoms with van der Waals surface area (Å²) >= 11 is 5.75. The minimum absolute atomic E-state index is 0.131. The third kappa shape index (κ3) is 3.75. The van der Waals surface area contributed by atoms with Crippen LogP contribution < -0.4 is 5.32 Å². The second kappa shape index (κ2) is 6.42. The third-order valence-electron chi connectivity index (χ3n) is 3.12. The quantitative estimate of drug-likeness (QED) is 0.831. The van der Waals surface area contributed by atoms with Gasteiger partial charge in [0.25, 0.3) is 5.91 Å². The molecule has 1 rings (SSSR count). The summed E-state index contributed by atoms with van der Waals surface area (Å²) in [6, 6.07) is 8.62. The Kier molecular flexibility index (Phi) is 5.18. The molecule has 0 spiro atoms. The summed E-state index contributed by atoms with van der Waals surface area (Å²) in [5, 5.41) is 11.7. The standard InChI is InChI=1S/C14H17ClN2O/c1-3-14(2,8-9-15)17-13(18)12-6-4-11(10-16)5-7-12/h4-7H,3,8-9H2,1-2H3,(H,17,18). The van der Waals surface area contributed by atoms with Gasteiger partial charge in [-0.1, -0.05) is 6.92 Å². The highest BCUT2D eigenvalue weighted by Crippen LogP contribution is 2.16. The summed E-state index contributed by atoms with van der Waals surface area (Å²) in [5.41, 5.74) is 0.820. The Hall–Kier alpha value is -1.53. The molecule has 0 bridgehead atoms. The Morgan fingerprint density at radius 2 is 2.06 bits per heavy atom. The van der Waals surface area contributed by atoms with Crippen LogP contribution in [0.3, 0.4) is 0 Å². The second-order valence-electron chi connectivity index (χ2n) is 4.50. The van der Waals surface area contributed by atoms with E-state index >= 15 is 0 Å². The zero-order valence-corrected chi connectivity index (χ0v) is 11.4. The van der Waals surface area contributed by atoms with Crippen LogP contribution in [0.25, 0.3) is 0 Å². The first-order valence-corrected chi connectivity index (χ1v) is 6.47. The molecule has 0 aliphatic heterocycles. The first-order valence-electron chi connectivity index (χ1n) is 5.93. The molecule has 18 heavy (non-hydrogen) atoms. The molecule has 0 aromatic heterocycles. The number of alkyl halides is 1. The van der Waals surface area contributed by atoms with Gasteiger partial charge in [0.05, 0.1) is 11.6 Å². The summed E-state index contributed by atoms with van der Waals surface area (Å²) in [6.07, 6.45) is 1.55. The van der Waals surface area contributed by atoms with Crippen LogP contribution >= 0.6 is 11.6 Å². The van der Waals surface area contributed by atoms with Crippen LogP contribution in [0, 0.1) is 11.3 Å². The van der Waals surface area contributed by atoms with Gasteiger partial charge in [-0.3, -0.25) is 4.79 Å². The highest BCUT2D eigenvalue weighted by molar-refractivity contribution is 6.17. The van der Waals surface area contributed by atoms with E-state index in [-0.39, 0.29) is 11.4 Å². The monoisotopic (exact) mass is 264 g/mol. The smallest absolute Gasteiger partial charge is 0.251 e. The Labute approximate surface area is 113 Å². The SMILES string of the molecule is CCC(C)(CCCl)NC(=O)c1ccc(C#N)cc1. The number of nitrogens with zero attached hydrogens (tertiary/aromatic N) is 1. The van der Waals surface area contributed by atoms with Crippen LogP contribution in [0.1, 0.15) is 42.6 Å². The van der Waals surface area contributed by atoms with Gasteiger partial charge >= 0.3 is 0 Å². The van der Waals surface area contributed by atoms with E-state index < -0.39 is 0 Å². The summed E-state index contributed by atoms with van der Waals surface area (Å²) in [6.45, 7) is 4.00. The molecule has 1 amide bonds. The summed E-state index contributed by atoms with van der Waals surface area (Å²) in [4.78, 5) is 12.1. The highest BCUT2D eigenvalue weighted by Gasteiger charge is 2.23. The van der Waals surface area contributed by atoms with Crippen molar-refractivity contribution in [1.29, 1.82) is 5.26 Å². The fourth-order valence-electron chi connectivity index (χ4n) is 1.58. The van der Waals surface area contributed by atoms with Crippen LogP contribution in [-0.2, 0) is 0 Å². The van der Waals surface area contributed by atoms with Crippen molar-refractivity contribution < 1.29 is 4.79 Å². The van der Waals surface area contributed by atoms with Crippen LogP contribution in [-0.4, -0.2) is 17.3 Å². The van der Waals surface area contributed by atoms with Gasteiger partial charge < -0.3 is 5.32 Å². The van der Waals surface area contributed by atoms with E-state index in [1.165, 1.54) is 0 Å². The van der Waals surface area contributed by atoms with Gasteiger partial charge in [-0.25, -0.2) is 0 Å². The molecule has 1 aromatic rings. The van der Waals surface area contributed by atoms with Gasteiger partial charge in [-0.15, -0.1) is 11.6 Å². The zero-order chi connectivity index (χ0) is 13.6. The highest BCUT2D eigenvalue weighted by atomic mass is 35.5. The van der Waals surface area contributed by atoms with Gasteiger partial charge in [0.2, 0.25) is 0 Å². The molecular weight excluding hydrogens is 248 g/mol. The van der Waals surface area contributed by atoms with Gasteiger partial charge in [-0.2, -0.15) is 5.26 Å². The van der Waals surface area contributed by atoms with Crippen LogP contribution in [0.15, 0.2) is 24.3 Å². The van der Waals surface area contributed by atoms with Gasteiger partial charge in [0, 0.05) is 17.0 Å². The largest absolute Gasteiger partial charge is 0.347 e. The van der Waals surface area contributed by atoms with E-state index in [4.69, 9.17) is 16.9 Å². The van der Waals surface area contributed by atoms with E-state index in [0.29, 0.717) is 17.0 Å². The van der Waals surface area contributed by atoms with E-state index in [2.05, 4.69) is 5.32 Å². The van der Waals surface area contributed by atoms with Crippen molar-refractivity contribution in [3.63, 3.8) is 0 Å². The summed E-state index contributed by atoms with van der Waals surface area (Å²) in [5.74, 6) is 0.381. The zero-order valence-electron chi connectivity index (χ0n) is 10.7.